The van der Waals surface area contributed by atoms with Gasteiger partial charge in [-0.3, -0.25) is 0 Å². The van der Waals surface area contributed by atoms with Crippen LogP contribution in [-0.2, 0) is 11.2 Å². The maximum Gasteiger partial charge on any atom is 0.309 e. The number of benzene rings is 1. The second kappa shape index (κ2) is 6.24. The van der Waals surface area contributed by atoms with E-state index in [-0.39, 0.29) is 6.54 Å². The number of hydrogen-bond acceptors (Lipinski definition) is 5. The van der Waals surface area contributed by atoms with Gasteiger partial charge in [0, 0.05) is 7.05 Å². The van der Waals surface area contributed by atoms with Crippen molar-refractivity contribution in [2.75, 3.05) is 7.05 Å². The minimum Gasteiger partial charge on any atom is -0.427 e. The van der Waals surface area contributed by atoms with Crippen LogP contribution < -0.4 is 5.46 Å². The summed E-state index contributed by atoms with van der Waals surface area (Å²) in [5, 5.41) is 11.5. The molecule has 0 atom stereocenters. The van der Waals surface area contributed by atoms with E-state index in [4.69, 9.17) is 4.65 Å². The van der Waals surface area contributed by atoms with Crippen molar-refractivity contribution < 1.29 is 14.2 Å². The molecule has 120 valence electrons. The first kappa shape index (κ1) is 17.3. The van der Waals surface area contributed by atoms with Gasteiger partial charge in [0.15, 0.2) is 0 Å². The maximum absolute atomic E-state index is 12.9. The van der Waals surface area contributed by atoms with Gasteiger partial charge in [0.2, 0.25) is 0 Å². The summed E-state index contributed by atoms with van der Waals surface area (Å²) >= 11 is 1.49. The predicted octanol–water partition coefficient (Wildman–Crippen LogP) is 2.16. The van der Waals surface area contributed by atoms with Crippen molar-refractivity contribution in [3.8, 4) is 0 Å². The van der Waals surface area contributed by atoms with Crippen LogP contribution in [-0.4, -0.2) is 40.9 Å². The largest absolute Gasteiger partial charge is 0.427 e. The summed E-state index contributed by atoms with van der Waals surface area (Å²) in [6.07, 6.45) is 0. The van der Waals surface area contributed by atoms with Gasteiger partial charge in [-0.05, 0) is 39.8 Å². The van der Waals surface area contributed by atoms with Gasteiger partial charge < -0.3 is 9.76 Å². The number of rotatable bonds is 6. The summed E-state index contributed by atoms with van der Waals surface area (Å²) in [7, 11) is 1.77. The number of nitrogens with zero attached hydrogens (tertiary/aromatic N) is 2. The molecule has 0 saturated heterocycles. The molecule has 1 heterocycles. The Labute approximate surface area is 135 Å². The van der Waals surface area contributed by atoms with E-state index in [0.29, 0.717) is 12.6 Å². The van der Waals surface area contributed by atoms with Crippen LogP contribution in [0.15, 0.2) is 18.2 Å². The summed E-state index contributed by atoms with van der Waals surface area (Å²) in [6.45, 7) is 7.39. The van der Waals surface area contributed by atoms with Crippen molar-refractivity contribution in [2.45, 2.75) is 45.4 Å². The summed E-state index contributed by atoms with van der Waals surface area (Å²) < 4.78 is 19.8. The van der Waals surface area contributed by atoms with Gasteiger partial charge in [0.05, 0.1) is 28.0 Å². The van der Waals surface area contributed by atoms with Crippen molar-refractivity contribution in [3.05, 3.63) is 23.2 Å². The lowest BCUT2D eigenvalue weighted by molar-refractivity contribution is -0.0893. The molecule has 0 fully saturated rings. The fourth-order valence-electron chi connectivity index (χ4n) is 1.80. The SMILES string of the molecule is CN(F)Cc1nc2cc(BOC(C)(C)C(C)(C)O)ccc2s1. The van der Waals surface area contributed by atoms with Gasteiger partial charge in [-0.15, -0.1) is 20.9 Å². The van der Waals surface area contributed by atoms with Gasteiger partial charge in [-0.1, -0.05) is 11.5 Å². The lowest BCUT2D eigenvalue weighted by atomic mass is 9.82. The van der Waals surface area contributed by atoms with Crippen LogP contribution in [0, 0.1) is 0 Å². The van der Waals surface area contributed by atoms with Crippen molar-refractivity contribution in [3.63, 3.8) is 0 Å². The van der Waals surface area contributed by atoms with Gasteiger partial charge in [0.1, 0.15) is 5.01 Å². The summed E-state index contributed by atoms with van der Waals surface area (Å²) in [5.41, 5.74) is 0.238. The van der Waals surface area contributed by atoms with Crippen LogP contribution in [0.1, 0.15) is 32.7 Å². The molecule has 0 aliphatic carbocycles. The van der Waals surface area contributed by atoms with Crippen LogP contribution in [0.25, 0.3) is 10.2 Å². The third kappa shape index (κ3) is 4.04. The standard InChI is InChI=1S/C15H22BFN2O2S/c1-14(2,20)15(3,4)21-16-10-6-7-12-11(8-10)18-13(22-12)9-19(5)17/h6-8,16,20H,9H2,1-5H3. The van der Waals surface area contributed by atoms with E-state index in [9.17, 15) is 9.59 Å². The first-order valence-corrected chi connectivity index (χ1v) is 8.02. The molecule has 7 heteroatoms. The highest BCUT2D eigenvalue weighted by atomic mass is 32.1. The maximum atomic E-state index is 12.9. The molecule has 0 saturated carbocycles. The second-order valence-corrected chi connectivity index (χ2v) is 7.65. The van der Waals surface area contributed by atoms with E-state index in [1.54, 1.807) is 13.8 Å². The first-order valence-electron chi connectivity index (χ1n) is 7.20. The predicted molar refractivity (Wildman–Crippen MR) is 90.4 cm³/mol. The Morgan fingerprint density at radius 1 is 1.36 bits per heavy atom. The topological polar surface area (TPSA) is 45.6 Å². The minimum atomic E-state index is -0.934. The molecule has 1 aromatic carbocycles. The first-order chi connectivity index (χ1) is 10.1. The molecular formula is C15H22BFN2O2S. The van der Waals surface area contributed by atoms with Crippen LogP contribution in [0.4, 0.5) is 4.48 Å². The molecular weight excluding hydrogens is 302 g/mol. The van der Waals surface area contributed by atoms with Crippen LogP contribution in [0.3, 0.4) is 0 Å². The third-order valence-electron chi connectivity index (χ3n) is 3.92. The van der Waals surface area contributed by atoms with Gasteiger partial charge >= 0.3 is 7.48 Å². The lowest BCUT2D eigenvalue weighted by Gasteiger charge is -2.37. The Balaban J connectivity index is 2.13. The molecule has 0 bridgehead atoms. The average Bonchev–Trinajstić information content (AvgIpc) is 2.75. The quantitative estimate of drug-likeness (QED) is 0.653. The molecule has 0 spiro atoms. The van der Waals surface area contributed by atoms with Gasteiger partial charge in [-0.2, -0.15) is 0 Å². The number of aliphatic hydroxyl groups is 1. The van der Waals surface area contributed by atoms with Crippen molar-refractivity contribution in [1.82, 2.24) is 10.1 Å². The zero-order valence-corrected chi connectivity index (χ0v) is 14.5. The molecule has 4 nitrogen and oxygen atoms in total. The van der Waals surface area contributed by atoms with Crippen LogP contribution in [0.2, 0.25) is 0 Å². The second-order valence-electron chi connectivity index (χ2n) is 6.53. The fourth-order valence-corrected chi connectivity index (χ4v) is 2.79. The van der Waals surface area contributed by atoms with Crippen LogP contribution in [0.5, 0.6) is 0 Å². The Morgan fingerprint density at radius 2 is 2.05 bits per heavy atom. The highest BCUT2D eigenvalue weighted by Gasteiger charge is 2.35. The zero-order chi connectivity index (χ0) is 16.5. The molecule has 0 unspecified atom stereocenters. The van der Waals surface area contributed by atoms with Crippen molar-refractivity contribution in [1.29, 1.82) is 0 Å². The van der Waals surface area contributed by atoms with Crippen molar-refractivity contribution in [2.24, 2.45) is 0 Å². The summed E-state index contributed by atoms with van der Waals surface area (Å²) in [4.78, 5) is 4.44. The highest BCUT2D eigenvalue weighted by molar-refractivity contribution is 7.18. The molecule has 2 aromatic rings. The number of hydrogen-bond donors (Lipinski definition) is 1. The minimum absolute atomic E-state index is 0.191. The Kier molecular flexibility index (Phi) is 4.92. The van der Waals surface area contributed by atoms with E-state index >= 15 is 0 Å². The van der Waals surface area contributed by atoms with Crippen molar-refractivity contribution >= 4 is 34.5 Å². The third-order valence-corrected chi connectivity index (χ3v) is 4.94. The van der Waals surface area contributed by atoms with E-state index in [1.165, 1.54) is 18.4 Å². The Morgan fingerprint density at radius 3 is 2.64 bits per heavy atom. The molecule has 0 radical (unpaired) electrons. The Bertz CT molecular complexity index is 653. The number of aromatic nitrogens is 1. The fraction of sp³-hybridized carbons (Fsp3) is 0.533. The van der Waals surface area contributed by atoms with E-state index in [2.05, 4.69) is 4.98 Å². The molecule has 2 rings (SSSR count). The molecule has 0 amide bonds. The molecule has 22 heavy (non-hydrogen) atoms. The number of fused-ring (bicyclic) bond motifs is 1. The lowest BCUT2D eigenvalue weighted by Crippen LogP contribution is -2.49. The normalized spacial score (nSPS) is 13.1. The molecule has 1 N–H and O–H groups in total. The number of thiazole rings is 1. The monoisotopic (exact) mass is 324 g/mol. The van der Waals surface area contributed by atoms with Gasteiger partial charge in [-0.25, -0.2) is 4.98 Å². The Hall–Kier alpha value is -1.02. The molecule has 1 aromatic heterocycles. The highest BCUT2D eigenvalue weighted by Crippen LogP contribution is 2.25. The number of halogens is 1. The van der Waals surface area contributed by atoms with E-state index in [0.717, 1.165) is 20.7 Å². The zero-order valence-electron chi connectivity index (χ0n) is 13.7. The average molecular weight is 324 g/mol. The molecule has 0 aliphatic heterocycles. The summed E-state index contributed by atoms with van der Waals surface area (Å²) in [5.74, 6) is 0. The van der Waals surface area contributed by atoms with Gasteiger partial charge in [0.25, 0.3) is 0 Å². The van der Waals surface area contributed by atoms with E-state index in [1.807, 2.05) is 32.0 Å². The smallest absolute Gasteiger partial charge is 0.309 e. The van der Waals surface area contributed by atoms with E-state index < -0.39 is 11.2 Å². The summed E-state index contributed by atoms with van der Waals surface area (Å²) in [6, 6.07) is 5.91. The van der Waals surface area contributed by atoms with Crippen LogP contribution >= 0.6 is 11.3 Å². The molecule has 0 aliphatic rings.